The third-order valence-corrected chi connectivity index (χ3v) is 4.67. The molecule has 19 heavy (non-hydrogen) atoms. The maximum Gasteiger partial charge on any atom is 0.303 e. The number of aromatic nitrogens is 1. The highest BCUT2D eigenvalue weighted by atomic mass is 32.1. The van der Waals surface area contributed by atoms with Crippen molar-refractivity contribution in [1.82, 2.24) is 9.88 Å². The number of hydrogen-bond donors (Lipinski definition) is 1. The molecule has 1 fully saturated rings. The minimum absolute atomic E-state index is 0.174. The number of carboxylic acid groups (broad SMARTS) is 1. The number of rotatable bonds is 6. The Kier molecular flexibility index (Phi) is 5.34. The molecule has 2 heterocycles. The van der Waals surface area contributed by atoms with Gasteiger partial charge in [-0.3, -0.25) is 4.79 Å². The normalized spacial score (nSPS) is 17.7. The average Bonchev–Trinajstić information content (AvgIpc) is 2.84. The molecule has 2 rings (SSSR count). The molecule has 0 radical (unpaired) electrons. The van der Waals surface area contributed by atoms with E-state index in [-0.39, 0.29) is 6.42 Å². The van der Waals surface area contributed by atoms with Crippen molar-refractivity contribution in [3.63, 3.8) is 0 Å². The minimum atomic E-state index is -0.753. The Bertz CT molecular complexity index is 411. The van der Waals surface area contributed by atoms with Crippen LogP contribution in [0.5, 0.6) is 0 Å². The fraction of sp³-hybridized carbons (Fsp3) is 0.714. The lowest BCUT2D eigenvalue weighted by Gasteiger charge is -2.29. The molecule has 0 amide bonds. The standard InChI is InChI=1S/C14H22N2O2S/c1-11-4-7-16(8-5-11)9-6-13-15-12(10-19-13)2-3-14(17)18/h10-11H,2-9H2,1H3,(H,17,18). The molecular formula is C14H22N2O2S. The summed E-state index contributed by atoms with van der Waals surface area (Å²) < 4.78 is 0. The van der Waals surface area contributed by atoms with E-state index in [9.17, 15) is 4.79 Å². The first-order chi connectivity index (χ1) is 9.13. The summed E-state index contributed by atoms with van der Waals surface area (Å²) in [6.07, 6.45) is 4.33. The van der Waals surface area contributed by atoms with Gasteiger partial charge in [0.1, 0.15) is 0 Å². The van der Waals surface area contributed by atoms with E-state index in [1.807, 2.05) is 5.38 Å². The number of carboxylic acids is 1. The number of aliphatic carboxylic acids is 1. The third-order valence-electron chi connectivity index (χ3n) is 3.71. The van der Waals surface area contributed by atoms with E-state index in [1.165, 1.54) is 25.9 Å². The van der Waals surface area contributed by atoms with Gasteiger partial charge in [0.15, 0.2) is 0 Å². The fourth-order valence-corrected chi connectivity index (χ4v) is 3.17. The monoisotopic (exact) mass is 282 g/mol. The van der Waals surface area contributed by atoms with Crippen LogP contribution in [0.15, 0.2) is 5.38 Å². The maximum absolute atomic E-state index is 10.5. The molecule has 0 aliphatic carbocycles. The van der Waals surface area contributed by atoms with Crippen LogP contribution < -0.4 is 0 Å². The topological polar surface area (TPSA) is 53.4 Å². The van der Waals surface area contributed by atoms with Crippen LogP contribution in [0.2, 0.25) is 0 Å². The second-order valence-corrected chi connectivity index (χ2v) is 6.34. The summed E-state index contributed by atoms with van der Waals surface area (Å²) in [5.41, 5.74) is 0.926. The summed E-state index contributed by atoms with van der Waals surface area (Å²) in [5, 5.41) is 11.8. The van der Waals surface area contributed by atoms with Gasteiger partial charge in [-0.2, -0.15) is 0 Å². The van der Waals surface area contributed by atoms with Crippen LogP contribution in [-0.2, 0) is 17.6 Å². The molecule has 0 bridgehead atoms. The van der Waals surface area contributed by atoms with E-state index in [0.29, 0.717) is 6.42 Å². The van der Waals surface area contributed by atoms with Gasteiger partial charge in [-0.05, 0) is 31.8 Å². The summed E-state index contributed by atoms with van der Waals surface area (Å²) in [4.78, 5) is 17.5. The summed E-state index contributed by atoms with van der Waals surface area (Å²) in [6, 6.07) is 0. The van der Waals surface area contributed by atoms with Crippen molar-refractivity contribution in [3.8, 4) is 0 Å². The van der Waals surface area contributed by atoms with Crippen LogP contribution in [0.4, 0.5) is 0 Å². The number of likely N-dealkylation sites (tertiary alicyclic amines) is 1. The van der Waals surface area contributed by atoms with E-state index >= 15 is 0 Å². The zero-order chi connectivity index (χ0) is 13.7. The third kappa shape index (κ3) is 4.91. The van der Waals surface area contributed by atoms with Crippen LogP contribution in [-0.4, -0.2) is 40.6 Å². The molecule has 0 spiro atoms. The molecule has 106 valence electrons. The quantitative estimate of drug-likeness (QED) is 0.870. The van der Waals surface area contributed by atoms with Crippen molar-refractivity contribution >= 4 is 17.3 Å². The van der Waals surface area contributed by atoms with Gasteiger partial charge in [-0.25, -0.2) is 4.98 Å². The minimum Gasteiger partial charge on any atom is -0.481 e. The number of carbonyl (C=O) groups is 1. The van der Waals surface area contributed by atoms with Gasteiger partial charge < -0.3 is 10.0 Å². The Morgan fingerprint density at radius 2 is 2.21 bits per heavy atom. The first-order valence-electron chi connectivity index (χ1n) is 7.01. The predicted molar refractivity (Wildman–Crippen MR) is 76.6 cm³/mol. The van der Waals surface area contributed by atoms with Crippen molar-refractivity contribution in [3.05, 3.63) is 16.1 Å². The first-order valence-corrected chi connectivity index (χ1v) is 7.89. The highest BCUT2D eigenvalue weighted by Crippen LogP contribution is 2.17. The van der Waals surface area contributed by atoms with Crippen molar-refractivity contribution < 1.29 is 9.90 Å². The Labute approximate surface area is 118 Å². The molecule has 5 heteroatoms. The fourth-order valence-electron chi connectivity index (χ4n) is 2.35. The second-order valence-electron chi connectivity index (χ2n) is 5.40. The lowest BCUT2D eigenvalue weighted by Crippen LogP contribution is -2.34. The number of piperidine rings is 1. The SMILES string of the molecule is CC1CCN(CCc2nc(CCC(=O)O)cs2)CC1. The van der Waals surface area contributed by atoms with Crippen LogP contribution >= 0.6 is 11.3 Å². The van der Waals surface area contributed by atoms with Gasteiger partial charge in [0.05, 0.1) is 17.1 Å². The second kappa shape index (κ2) is 7.01. The molecular weight excluding hydrogens is 260 g/mol. The molecule has 1 aromatic rings. The lowest BCUT2D eigenvalue weighted by molar-refractivity contribution is -0.136. The average molecular weight is 282 g/mol. The van der Waals surface area contributed by atoms with Crippen molar-refractivity contribution in [2.75, 3.05) is 19.6 Å². The molecule has 1 saturated heterocycles. The van der Waals surface area contributed by atoms with E-state index in [4.69, 9.17) is 5.11 Å². The summed E-state index contributed by atoms with van der Waals surface area (Å²) >= 11 is 1.66. The van der Waals surface area contributed by atoms with Crippen LogP contribution in [0.3, 0.4) is 0 Å². The van der Waals surface area contributed by atoms with Crippen molar-refractivity contribution in [2.24, 2.45) is 5.92 Å². The van der Waals surface area contributed by atoms with Crippen molar-refractivity contribution in [1.29, 1.82) is 0 Å². The molecule has 1 N–H and O–H groups in total. The van der Waals surface area contributed by atoms with E-state index in [0.717, 1.165) is 29.6 Å². The van der Waals surface area contributed by atoms with Gasteiger partial charge in [0.2, 0.25) is 0 Å². The first kappa shape index (κ1) is 14.5. The van der Waals surface area contributed by atoms with Gasteiger partial charge in [0.25, 0.3) is 0 Å². The molecule has 1 aliphatic rings. The summed E-state index contributed by atoms with van der Waals surface area (Å²) in [6.45, 7) is 5.82. The van der Waals surface area contributed by atoms with E-state index in [2.05, 4.69) is 16.8 Å². The molecule has 0 aromatic carbocycles. The zero-order valence-corrected chi connectivity index (χ0v) is 12.3. The maximum atomic E-state index is 10.5. The Hall–Kier alpha value is -0.940. The summed E-state index contributed by atoms with van der Waals surface area (Å²) in [7, 11) is 0. The highest BCUT2D eigenvalue weighted by molar-refractivity contribution is 7.09. The lowest BCUT2D eigenvalue weighted by atomic mass is 9.99. The number of nitrogens with zero attached hydrogens (tertiary/aromatic N) is 2. The van der Waals surface area contributed by atoms with Gasteiger partial charge >= 0.3 is 5.97 Å². The van der Waals surface area contributed by atoms with Crippen molar-refractivity contribution in [2.45, 2.75) is 39.0 Å². The largest absolute Gasteiger partial charge is 0.481 e. The van der Waals surface area contributed by atoms with Gasteiger partial charge in [-0.15, -0.1) is 11.3 Å². The molecule has 0 atom stereocenters. The predicted octanol–water partition coefficient (Wildman–Crippen LogP) is 2.43. The van der Waals surface area contributed by atoms with Gasteiger partial charge in [-0.1, -0.05) is 6.92 Å². The number of aryl methyl sites for hydroxylation is 1. The molecule has 1 aliphatic heterocycles. The molecule has 4 nitrogen and oxygen atoms in total. The molecule has 0 unspecified atom stereocenters. The highest BCUT2D eigenvalue weighted by Gasteiger charge is 2.15. The molecule has 1 aromatic heterocycles. The smallest absolute Gasteiger partial charge is 0.303 e. The Morgan fingerprint density at radius 1 is 1.47 bits per heavy atom. The Balaban J connectivity index is 1.72. The van der Waals surface area contributed by atoms with E-state index in [1.54, 1.807) is 11.3 Å². The van der Waals surface area contributed by atoms with Crippen LogP contribution in [0.1, 0.15) is 36.9 Å². The molecule has 0 saturated carbocycles. The van der Waals surface area contributed by atoms with Crippen LogP contribution in [0.25, 0.3) is 0 Å². The van der Waals surface area contributed by atoms with Crippen LogP contribution in [0, 0.1) is 5.92 Å². The summed E-state index contributed by atoms with van der Waals surface area (Å²) in [5.74, 6) is 0.121. The number of hydrogen-bond acceptors (Lipinski definition) is 4. The Morgan fingerprint density at radius 3 is 2.89 bits per heavy atom. The van der Waals surface area contributed by atoms with E-state index < -0.39 is 5.97 Å². The van der Waals surface area contributed by atoms with Gasteiger partial charge in [0, 0.05) is 24.8 Å². The zero-order valence-electron chi connectivity index (χ0n) is 11.5. The number of thiazole rings is 1.